The summed E-state index contributed by atoms with van der Waals surface area (Å²) in [7, 11) is 0. The monoisotopic (exact) mass is 327 g/mol. The molecule has 102 valence electrons. The zero-order valence-electron chi connectivity index (χ0n) is 12.0. The fraction of sp³-hybridized carbons (Fsp3) is 0.222. The van der Waals surface area contributed by atoms with E-state index in [2.05, 4.69) is 90.6 Å². The van der Waals surface area contributed by atoms with Gasteiger partial charge in [-0.2, -0.15) is 0 Å². The Labute approximate surface area is 128 Å². The average Bonchev–Trinajstić information content (AvgIpc) is 2.37. The van der Waals surface area contributed by atoms with E-state index in [1.165, 1.54) is 28.0 Å². The van der Waals surface area contributed by atoms with Crippen molar-refractivity contribution < 1.29 is 0 Å². The average molecular weight is 328 g/mol. The van der Waals surface area contributed by atoms with Crippen LogP contribution < -0.4 is 5.32 Å². The summed E-state index contributed by atoms with van der Waals surface area (Å²) < 4.78 is 1.11. The number of halogens is 1. The number of anilines is 1. The van der Waals surface area contributed by atoms with E-state index in [1.54, 1.807) is 0 Å². The molecule has 20 heavy (non-hydrogen) atoms. The van der Waals surface area contributed by atoms with Crippen LogP contribution in [0.25, 0.3) is 16.7 Å². The summed E-state index contributed by atoms with van der Waals surface area (Å²) in [5.41, 5.74) is 6.35. The van der Waals surface area contributed by atoms with Gasteiger partial charge in [-0.25, -0.2) is 0 Å². The summed E-state index contributed by atoms with van der Waals surface area (Å²) >= 11 is 3.54. The van der Waals surface area contributed by atoms with Crippen LogP contribution in [0.15, 0.2) is 53.0 Å². The second kappa shape index (κ2) is 4.78. The molecule has 0 aromatic heterocycles. The van der Waals surface area contributed by atoms with Gasteiger partial charge in [0.15, 0.2) is 0 Å². The lowest BCUT2D eigenvalue weighted by Crippen LogP contribution is -2.31. The van der Waals surface area contributed by atoms with Crippen LogP contribution in [0.5, 0.6) is 0 Å². The Hall–Kier alpha value is -1.54. The SMILES string of the molecule is CC1=CC(C)(C)Nc2ccc(-c3cccc(Br)c3)cc21. The quantitative estimate of drug-likeness (QED) is 0.705. The molecular formula is C18H18BrN. The van der Waals surface area contributed by atoms with Crippen LogP contribution >= 0.6 is 15.9 Å². The summed E-state index contributed by atoms with van der Waals surface area (Å²) in [5, 5.41) is 3.57. The van der Waals surface area contributed by atoms with Gasteiger partial charge in [0.25, 0.3) is 0 Å². The van der Waals surface area contributed by atoms with E-state index in [-0.39, 0.29) is 5.54 Å². The summed E-state index contributed by atoms with van der Waals surface area (Å²) in [6.07, 6.45) is 2.29. The number of allylic oxidation sites excluding steroid dienone is 1. The third-order valence-electron chi connectivity index (χ3n) is 3.64. The second-order valence-corrected chi connectivity index (χ2v) is 6.86. The summed E-state index contributed by atoms with van der Waals surface area (Å²) in [6, 6.07) is 15.1. The van der Waals surface area contributed by atoms with Crippen LogP contribution in [0, 0.1) is 0 Å². The van der Waals surface area contributed by atoms with E-state index in [1.807, 2.05) is 0 Å². The van der Waals surface area contributed by atoms with Gasteiger partial charge in [-0.3, -0.25) is 0 Å². The summed E-state index contributed by atoms with van der Waals surface area (Å²) in [4.78, 5) is 0. The van der Waals surface area contributed by atoms with E-state index in [9.17, 15) is 0 Å². The maximum absolute atomic E-state index is 3.57. The number of hydrogen-bond acceptors (Lipinski definition) is 1. The van der Waals surface area contributed by atoms with Gasteiger partial charge in [-0.1, -0.05) is 40.2 Å². The number of fused-ring (bicyclic) bond motifs is 1. The lowest BCUT2D eigenvalue weighted by atomic mass is 9.89. The van der Waals surface area contributed by atoms with E-state index in [0.717, 1.165) is 4.47 Å². The predicted octanol–water partition coefficient (Wildman–Crippen LogP) is 5.72. The summed E-state index contributed by atoms with van der Waals surface area (Å²) in [5.74, 6) is 0. The number of nitrogens with one attached hydrogen (secondary N) is 1. The Morgan fingerprint density at radius 1 is 1.00 bits per heavy atom. The zero-order chi connectivity index (χ0) is 14.3. The Morgan fingerprint density at radius 2 is 1.75 bits per heavy atom. The second-order valence-electron chi connectivity index (χ2n) is 5.94. The molecule has 3 rings (SSSR count). The topological polar surface area (TPSA) is 12.0 Å². The highest BCUT2D eigenvalue weighted by molar-refractivity contribution is 9.10. The molecule has 1 aliphatic heterocycles. The molecule has 1 heterocycles. The van der Waals surface area contributed by atoms with E-state index in [0.29, 0.717) is 0 Å². The molecule has 1 nitrogen and oxygen atoms in total. The Kier molecular flexibility index (Phi) is 3.21. The molecule has 0 spiro atoms. The van der Waals surface area contributed by atoms with Crippen molar-refractivity contribution in [3.05, 3.63) is 58.6 Å². The predicted molar refractivity (Wildman–Crippen MR) is 90.9 cm³/mol. The van der Waals surface area contributed by atoms with E-state index >= 15 is 0 Å². The molecule has 2 aromatic rings. The molecular weight excluding hydrogens is 310 g/mol. The molecule has 0 aliphatic carbocycles. The lowest BCUT2D eigenvalue weighted by molar-refractivity contribution is 0.707. The maximum atomic E-state index is 3.57. The van der Waals surface area contributed by atoms with Gasteiger partial charge >= 0.3 is 0 Å². The minimum atomic E-state index is 0.0222. The first kappa shape index (κ1) is 13.4. The first-order chi connectivity index (χ1) is 9.44. The van der Waals surface area contributed by atoms with Gasteiger partial charge in [0.2, 0.25) is 0 Å². The first-order valence-corrected chi connectivity index (χ1v) is 7.62. The van der Waals surface area contributed by atoms with Gasteiger partial charge in [-0.05, 0) is 61.7 Å². The Bertz CT molecular complexity index is 698. The fourth-order valence-electron chi connectivity index (χ4n) is 2.83. The third kappa shape index (κ3) is 2.53. The molecule has 0 bridgehead atoms. The number of hydrogen-bond donors (Lipinski definition) is 1. The van der Waals surface area contributed by atoms with Crippen molar-refractivity contribution in [1.82, 2.24) is 0 Å². The Balaban J connectivity index is 2.09. The van der Waals surface area contributed by atoms with Crippen molar-refractivity contribution in [1.29, 1.82) is 0 Å². The highest BCUT2D eigenvalue weighted by Gasteiger charge is 2.22. The van der Waals surface area contributed by atoms with Crippen LogP contribution in [0.3, 0.4) is 0 Å². The molecule has 0 saturated carbocycles. The number of benzene rings is 2. The standard InChI is InChI=1S/C18H18BrN/c1-12-11-18(2,3)20-17-8-7-14(10-16(12)17)13-5-4-6-15(19)9-13/h4-11,20H,1-3H3. The molecule has 0 amide bonds. The van der Waals surface area contributed by atoms with Gasteiger partial charge in [-0.15, -0.1) is 0 Å². The van der Waals surface area contributed by atoms with Crippen molar-refractivity contribution in [3.63, 3.8) is 0 Å². The van der Waals surface area contributed by atoms with Gasteiger partial charge in [0.05, 0.1) is 5.54 Å². The molecule has 0 radical (unpaired) electrons. The number of rotatable bonds is 1. The smallest absolute Gasteiger partial charge is 0.0505 e. The van der Waals surface area contributed by atoms with Crippen LogP contribution in [-0.4, -0.2) is 5.54 Å². The van der Waals surface area contributed by atoms with Gasteiger partial charge < -0.3 is 5.32 Å². The largest absolute Gasteiger partial charge is 0.376 e. The lowest BCUT2D eigenvalue weighted by Gasteiger charge is -2.31. The van der Waals surface area contributed by atoms with Crippen LogP contribution in [-0.2, 0) is 0 Å². The molecule has 0 saturated heterocycles. The van der Waals surface area contributed by atoms with Gasteiger partial charge in [0, 0.05) is 15.7 Å². The van der Waals surface area contributed by atoms with Crippen molar-refractivity contribution >= 4 is 27.2 Å². The van der Waals surface area contributed by atoms with Crippen molar-refractivity contribution in [2.75, 3.05) is 5.32 Å². The summed E-state index contributed by atoms with van der Waals surface area (Å²) in [6.45, 7) is 6.58. The molecule has 0 atom stereocenters. The highest BCUT2D eigenvalue weighted by atomic mass is 79.9. The molecule has 1 N–H and O–H groups in total. The third-order valence-corrected chi connectivity index (χ3v) is 4.13. The maximum Gasteiger partial charge on any atom is 0.0505 e. The van der Waals surface area contributed by atoms with Crippen molar-refractivity contribution in [3.8, 4) is 11.1 Å². The first-order valence-electron chi connectivity index (χ1n) is 6.83. The zero-order valence-corrected chi connectivity index (χ0v) is 13.6. The molecule has 0 fully saturated rings. The minimum absolute atomic E-state index is 0.0222. The van der Waals surface area contributed by atoms with Crippen molar-refractivity contribution in [2.24, 2.45) is 0 Å². The van der Waals surface area contributed by atoms with Crippen molar-refractivity contribution in [2.45, 2.75) is 26.3 Å². The Morgan fingerprint density at radius 3 is 2.50 bits per heavy atom. The molecule has 0 unspecified atom stereocenters. The molecule has 2 heteroatoms. The van der Waals surface area contributed by atoms with E-state index < -0.39 is 0 Å². The van der Waals surface area contributed by atoms with Gasteiger partial charge in [0.1, 0.15) is 0 Å². The van der Waals surface area contributed by atoms with Crippen LogP contribution in [0.1, 0.15) is 26.3 Å². The van der Waals surface area contributed by atoms with Crippen LogP contribution in [0.2, 0.25) is 0 Å². The molecule has 2 aromatic carbocycles. The minimum Gasteiger partial charge on any atom is -0.376 e. The normalized spacial score (nSPS) is 16.1. The highest BCUT2D eigenvalue weighted by Crippen LogP contribution is 2.36. The fourth-order valence-corrected chi connectivity index (χ4v) is 3.23. The van der Waals surface area contributed by atoms with E-state index in [4.69, 9.17) is 0 Å². The molecule has 1 aliphatic rings. The van der Waals surface area contributed by atoms with Crippen LogP contribution in [0.4, 0.5) is 5.69 Å².